The highest BCUT2D eigenvalue weighted by molar-refractivity contribution is 5.82. The molecule has 0 spiro atoms. The number of hydrogen-bond donors (Lipinski definition) is 3. The molecule has 0 saturated carbocycles. The minimum Gasteiger partial charge on any atom is -0.358 e. The minimum atomic E-state index is -0.401. The van der Waals surface area contributed by atoms with Crippen molar-refractivity contribution < 1.29 is 9.59 Å². The van der Waals surface area contributed by atoms with Gasteiger partial charge in [-0.1, -0.05) is 6.92 Å². The van der Waals surface area contributed by atoms with Crippen molar-refractivity contribution in [3.05, 3.63) is 0 Å². The number of rotatable bonds is 5. The Labute approximate surface area is 83.8 Å². The standard InChI is InChI=1S/C8H18N4O2/c1-4-12(5-7(13)10-3)6(2)8(14)11-9/h6H,4-5,9H2,1-3H3,(H,10,13)(H,11,14). The molecule has 0 radical (unpaired) electrons. The van der Waals surface area contributed by atoms with Crippen LogP contribution in [0, 0.1) is 0 Å². The second kappa shape index (κ2) is 6.33. The van der Waals surface area contributed by atoms with Crippen molar-refractivity contribution in [3.8, 4) is 0 Å². The van der Waals surface area contributed by atoms with Crippen molar-refractivity contribution in [3.63, 3.8) is 0 Å². The maximum Gasteiger partial charge on any atom is 0.250 e. The molecule has 82 valence electrons. The van der Waals surface area contributed by atoms with Crippen molar-refractivity contribution in [1.82, 2.24) is 15.6 Å². The van der Waals surface area contributed by atoms with Crippen LogP contribution in [0.5, 0.6) is 0 Å². The van der Waals surface area contributed by atoms with Crippen LogP contribution in [0.4, 0.5) is 0 Å². The Hall–Kier alpha value is -1.14. The molecule has 1 unspecified atom stereocenters. The number of carbonyl (C=O) groups is 2. The molecule has 6 heteroatoms. The van der Waals surface area contributed by atoms with Crippen molar-refractivity contribution in [2.24, 2.45) is 5.84 Å². The summed E-state index contributed by atoms with van der Waals surface area (Å²) >= 11 is 0. The topological polar surface area (TPSA) is 87.5 Å². The third kappa shape index (κ3) is 3.71. The lowest BCUT2D eigenvalue weighted by Crippen LogP contribution is -2.50. The Morgan fingerprint density at radius 3 is 2.43 bits per heavy atom. The molecule has 0 aliphatic heterocycles. The fraction of sp³-hybridized carbons (Fsp3) is 0.750. The van der Waals surface area contributed by atoms with Gasteiger partial charge in [0, 0.05) is 7.05 Å². The van der Waals surface area contributed by atoms with Gasteiger partial charge in [0.1, 0.15) is 0 Å². The van der Waals surface area contributed by atoms with E-state index < -0.39 is 6.04 Å². The van der Waals surface area contributed by atoms with Crippen LogP contribution < -0.4 is 16.6 Å². The highest BCUT2D eigenvalue weighted by Gasteiger charge is 2.20. The summed E-state index contributed by atoms with van der Waals surface area (Å²) in [6.07, 6.45) is 0. The smallest absolute Gasteiger partial charge is 0.250 e. The first-order valence-corrected chi connectivity index (χ1v) is 4.51. The molecule has 0 aliphatic carbocycles. The molecule has 1 atom stereocenters. The number of likely N-dealkylation sites (N-methyl/N-ethyl adjacent to an activating group) is 2. The lowest BCUT2D eigenvalue weighted by atomic mass is 10.2. The van der Waals surface area contributed by atoms with Gasteiger partial charge in [0.25, 0.3) is 5.91 Å². The maximum atomic E-state index is 11.2. The van der Waals surface area contributed by atoms with E-state index in [1.165, 1.54) is 0 Å². The molecule has 2 amide bonds. The van der Waals surface area contributed by atoms with Crippen molar-refractivity contribution >= 4 is 11.8 Å². The van der Waals surface area contributed by atoms with Crippen LogP contribution in [-0.4, -0.2) is 42.9 Å². The zero-order valence-corrected chi connectivity index (χ0v) is 8.83. The zero-order chi connectivity index (χ0) is 11.1. The van der Waals surface area contributed by atoms with Crippen LogP contribution in [0.25, 0.3) is 0 Å². The Morgan fingerprint density at radius 1 is 1.50 bits per heavy atom. The number of carbonyl (C=O) groups excluding carboxylic acids is 2. The van der Waals surface area contributed by atoms with Crippen LogP contribution >= 0.6 is 0 Å². The second-order valence-corrected chi connectivity index (χ2v) is 2.92. The van der Waals surface area contributed by atoms with E-state index in [9.17, 15) is 9.59 Å². The van der Waals surface area contributed by atoms with Gasteiger partial charge in [0.2, 0.25) is 5.91 Å². The summed E-state index contributed by atoms with van der Waals surface area (Å²) in [5.41, 5.74) is 2.06. The first-order chi connectivity index (χ1) is 6.56. The lowest BCUT2D eigenvalue weighted by molar-refractivity contribution is -0.128. The molecule has 0 rings (SSSR count). The van der Waals surface area contributed by atoms with Gasteiger partial charge in [0.15, 0.2) is 0 Å². The molecule has 0 fully saturated rings. The first-order valence-electron chi connectivity index (χ1n) is 4.51. The molecule has 14 heavy (non-hydrogen) atoms. The first kappa shape index (κ1) is 12.9. The van der Waals surface area contributed by atoms with Gasteiger partial charge >= 0.3 is 0 Å². The summed E-state index contributed by atoms with van der Waals surface area (Å²) in [5.74, 6) is 4.58. The summed E-state index contributed by atoms with van der Waals surface area (Å²) in [5, 5.41) is 2.50. The predicted octanol–water partition coefficient (Wildman–Crippen LogP) is -1.57. The minimum absolute atomic E-state index is 0.122. The van der Waals surface area contributed by atoms with E-state index in [4.69, 9.17) is 5.84 Å². The molecule has 4 N–H and O–H groups in total. The summed E-state index contributed by atoms with van der Waals surface area (Å²) in [6.45, 7) is 4.39. The van der Waals surface area contributed by atoms with E-state index in [-0.39, 0.29) is 18.4 Å². The molecule has 6 nitrogen and oxygen atoms in total. The molecule has 0 aromatic carbocycles. The van der Waals surface area contributed by atoms with E-state index >= 15 is 0 Å². The summed E-state index contributed by atoms with van der Waals surface area (Å²) < 4.78 is 0. The third-order valence-corrected chi connectivity index (χ3v) is 2.10. The molecular weight excluding hydrogens is 184 g/mol. The van der Waals surface area contributed by atoms with Gasteiger partial charge in [-0.2, -0.15) is 0 Å². The largest absolute Gasteiger partial charge is 0.358 e. The average molecular weight is 202 g/mol. The number of hydrogen-bond acceptors (Lipinski definition) is 4. The lowest BCUT2D eigenvalue weighted by Gasteiger charge is -2.25. The molecule has 0 aromatic rings. The average Bonchev–Trinajstić information content (AvgIpc) is 2.23. The zero-order valence-electron chi connectivity index (χ0n) is 8.83. The molecule has 0 bridgehead atoms. The summed E-state index contributed by atoms with van der Waals surface area (Å²) in [7, 11) is 1.56. The van der Waals surface area contributed by atoms with E-state index in [2.05, 4.69) is 10.7 Å². The van der Waals surface area contributed by atoms with E-state index in [0.29, 0.717) is 6.54 Å². The van der Waals surface area contributed by atoms with Gasteiger partial charge in [-0.05, 0) is 13.5 Å². The van der Waals surface area contributed by atoms with E-state index in [0.717, 1.165) is 0 Å². The monoisotopic (exact) mass is 202 g/mol. The normalized spacial score (nSPS) is 12.4. The van der Waals surface area contributed by atoms with Gasteiger partial charge in [-0.25, -0.2) is 5.84 Å². The second-order valence-electron chi connectivity index (χ2n) is 2.92. The SMILES string of the molecule is CCN(CC(=O)NC)C(C)C(=O)NN. The Bertz CT molecular complexity index is 208. The van der Waals surface area contributed by atoms with Crippen LogP contribution in [0.3, 0.4) is 0 Å². The summed E-state index contributed by atoms with van der Waals surface area (Å²) in [4.78, 5) is 24.0. The molecule has 0 aliphatic rings. The van der Waals surface area contributed by atoms with Gasteiger partial charge in [0.05, 0.1) is 12.6 Å². The maximum absolute atomic E-state index is 11.2. The Morgan fingerprint density at radius 2 is 2.07 bits per heavy atom. The van der Waals surface area contributed by atoms with Crippen molar-refractivity contribution in [2.45, 2.75) is 19.9 Å². The highest BCUT2D eigenvalue weighted by Crippen LogP contribution is 1.97. The van der Waals surface area contributed by atoms with Crippen LogP contribution in [0.1, 0.15) is 13.8 Å². The molecule has 0 saturated heterocycles. The molecular formula is C8H18N4O2. The van der Waals surface area contributed by atoms with Crippen LogP contribution in [0.2, 0.25) is 0 Å². The number of nitrogens with one attached hydrogen (secondary N) is 2. The number of amides is 2. The third-order valence-electron chi connectivity index (χ3n) is 2.10. The fourth-order valence-corrected chi connectivity index (χ4v) is 1.07. The predicted molar refractivity (Wildman–Crippen MR) is 53.1 cm³/mol. The fourth-order valence-electron chi connectivity index (χ4n) is 1.07. The summed E-state index contributed by atoms with van der Waals surface area (Å²) in [6, 6.07) is -0.401. The van der Waals surface area contributed by atoms with E-state index in [1.807, 2.05) is 6.92 Å². The van der Waals surface area contributed by atoms with E-state index in [1.54, 1.807) is 18.9 Å². The van der Waals surface area contributed by atoms with Gasteiger partial charge in [-0.3, -0.25) is 19.9 Å². The van der Waals surface area contributed by atoms with Gasteiger partial charge < -0.3 is 5.32 Å². The Kier molecular flexibility index (Phi) is 5.82. The highest BCUT2D eigenvalue weighted by atomic mass is 16.2. The number of nitrogens with two attached hydrogens (primary N) is 1. The van der Waals surface area contributed by atoms with Crippen LogP contribution in [0.15, 0.2) is 0 Å². The number of nitrogens with zero attached hydrogens (tertiary/aromatic N) is 1. The van der Waals surface area contributed by atoms with Crippen molar-refractivity contribution in [2.75, 3.05) is 20.1 Å². The molecule has 0 heterocycles. The van der Waals surface area contributed by atoms with Crippen molar-refractivity contribution in [1.29, 1.82) is 0 Å². The van der Waals surface area contributed by atoms with Gasteiger partial charge in [-0.15, -0.1) is 0 Å². The quantitative estimate of drug-likeness (QED) is 0.285. The van der Waals surface area contributed by atoms with Crippen LogP contribution in [-0.2, 0) is 9.59 Å². The Balaban J connectivity index is 4.25. The number of hydrazine groups is 1. The molecule has 0 aromatic heterocycles.